The van der Waals surface area contributed by atoms with Gasteiger partial charge in [-0.3, -0.25) is 0 Å². The van der Waals surface area contributed by atoms with Gasteiger partial charge in [0.1, 0.15) is 0 Å². The van der Waals surface area contributed by atoms with Crippen LogP contribution < -0.4 is 5.73 Å². The largest absolute Gasteiger partial charge is 0.398 e. The van der Waals surface area contributed by atoms with Crippen LogP contribution in [0.5, 0.6) is 0 Å². The second-order valence-electron chi connectivity index (χ2n) is 6.13. The molecule has 0 saturated carbocycles. The van der Waals surface area contributed by atoms with E-state index in [4.69, 9.17) is 5.73 Å². The average molecular weight is 338 g/mol. The van der Waals surface area contributed by atoms with Crippen LogP contribution in [0.1, 0.15) is 5.56 Å². The van der Waals surface area contributed by atoms with Gasteiger partial charge >= 0.3 is 0 Å². The van der Waals surface area contributed by atoms with E-state index >= 15 is 0 Å². The summed E-state index contributed by atoms with van der Waals surface area (Å²) in [5.41, 5.74) is 10.7. The smallest absolute Gasteiger partial charge is 0.166 e. The fraction of sp³-hybridized carbons (Fsp3) is 0.0455. The number of hydrogen-bond donors (Lipinski definition) is 1. The maximum atomic E-state index is 6.23. The van der Waals surface area contributed by atoms with E-state index in [0.717, 1.165) is 22.3 Å². The van der Waals surface area contributed by atoms with Crippen LogP contribution in [0.2, 0.25) is 0 Å². The molecule has 0 saturated heterocycles. The molecule has 1 aromatic heterocycles. The van der Waals surface area contributed by atoms with Crippen molar-refractivity contribution in [3.8, 4) is 34.2 Å². The number of nitrogens with two attached hydrogens (primary N) is 1. The van der Waals surface area contributed by atoms with Crippen molar-refractivity contribution in [2.24, 2.45) is 0 Å². The third-order valence-corrected chi connectivity index (χ3v) is 4.15. The number of nitrogen functional groups attached to an aromatic ring is 1. The number of hydrogen-bond acceptors (Lipinski definition) is 4. The first kappa shape index (κ1) is 16.0. The molecule has 0 amide bonds. The highest BCUT2D eigenvalue weighted by molar-refractivity contribution is 5.74. The molecule has 3 aromatic carbocycles. The van der Waals surface area contributed by atoms with Crippen LogP contribution in [-0.2, 0) is 0 Å². The van der Waals surface area contributed by atoms with E-state index in [1.165, 1.54) is 0 Å². The molecule has 26 heavy (non-hydrogen) atoms. The predicted octanol–water partition coefficient (Wildman–Crippen LogP) is 4.76. The van der Waals surface area contributed by atoms with Gasteiger partial charge in [-0.1, -0.05) is 66.7 Å². The second kappa shape index (κ2) is 6.76. The molecule has 4 rings (SSSR count). The summed E-state index contributed by atoms with van der Waals surface area (Å²) in [5, 5.41) is 0. The van der Waals surface area contributed by atoms with Crippen molar-refractivity contribution in [1.29, 1.82) is 0 Å². The van der Waals surface area contributed by atoms with Gasteiger partial charge in [0.05, 0.1) is 0 Å². The van der Waals surface area contributed by atoms with Crippen molar-refractivity contribution in [3.05, 3.63) is 84.4 Å². The minimum absolute atomic E-state index is 0.579. The van der Waals surface area contributed by atoms with Gasteiger partial charge in [-0.25, -0.2) is 15.0 Å². The average Bonchev–Trinajstić information content (AvgIpc) is 2.69. The second-order valence-corrected chi connectivity index (χ2v) is 6.13. The van der Waals surface area contributed by atoms with E-state index in [9.17, 15) is 0 Å². The molecule has 0 aliphatic rings. The minimum atomic E-state index is 0.579. The van der Waals surface area contributed by atoms with E-state index in [1.54, 1.807) is 0 Å². The highest BCUT2D eigenvalue weighted by Gasteiger charge is 2.13. The normalized spacial score (nSPS) is 10.7. The Bertz CT molecular complexity index is 986. The molecule has 126 valence electrons. The van der Waals surface area contributed by atoms with Gasteiger partial charge < -0.3 is 5.73 Å². The van der Waals surface area contributed by atoms with Gasteiger partial charge in [0.15, 0.2) is 17.5 Å². The molecule has 0 atom stereocenters. The summed E-state index contributed by atoms with van der Waals surface area (Å²) in [7, 11) is 0. The lowest BCUT2D eigenvalue weighted by molar-refractivity contribution is 1.07. The SMILES string of the molecule is Cc1ccc(-c2nc(-c3ccccc3)nc(-c3ccccc3)n2)c(N)c1. The van der Waals surface area contributed by atoms with Crippen LogP contribution in [0.3, 0.4) is 0 Å². The molecule has 0 spiro atoms. The van der Waals surface area contributed by atoms with E-state index in [0.29, 0.717) is 23.2 Å². The summed E-state index contributed by atoms with van der Waals surface area (Å²) < 4.78 is 0. The summed E-state index contributed by atoms with van der Waals surface area (Å²) in [6, 6.07) is 25.7. The van der Waals surface area contributed by atoms with E-state index in [1.807, 2.05) is 85.8 Å². The van der Waals surface area contributed by atoms with Crippen molar-refractivity contribution >= 4 is 5.69 Å². The molecule has 2 N–H and O–H groups in total. The summed E-state index contributed by atoms with van der Waals surface area (Å²) in [6.07, 6.45) is 0. The lowest BCUT2D eigenvalue weighted by Crippen LogP contribution is -2.02. The Kier molecular flexibility index (Phi) is 4.15. The summed E-state index contributed by atoms with van der Waals surface area (Å²) in [6.45, 7) is 2.01. The minimum Gasteiger partial charge on any atom is -0.398 e. The monoisotopic (exact) mass is 338 g/mol. The lowest BCUT2D eigenvalue weighted by Gasteiger charge is -2.10. The third-order valence-electron chi connectivity index (χ3n) is 4.15. The van der Waals surface area contributed by atoms with Crippen molar-refractivity contribution in [2.45, 2.75) is 6.92 Å². The Balaban J connectivity index is 1.94. The maximum Gasteiger partial charge on any atom is 0.166 e. The number of aromatic nitrogens is 3. The van der Waals surface area contributed by atoms with Crippen LogP contribution in [0, 0.1) is 6.92 Å². The number of anilines is 1. The molecule has 0 bridgehead atoms. The molecule has 4 aromatic rings. The third kappa shape index (κ3) is 3.17. The summed E-state index contributed by atoms with van der Waals surface area (Å²) in [4.78, 5) is 14.1. The molecule has 1 heterocycles. The van der Waals surface area contributed by atoms with E-state index < -0.39 is 0 Å². The van der Waals surface area contributed by atoms with E-state index in [2.05, 4.69) is 15.0 Å². The highest BCUT2D eigenvalue weighted by Crippen LogP contribution is 2.28. The molecule has 0 aliphatic carbocycles. The molecule has 4 heteroatoms. The van der Waals surface area contributed by atoms with Crippen molar-refractivity contribution in [2.75, 3.05) is 5.73 Å². The van der Waals surface area contributed by atoms with Crippen LogP contribution in [0.15, 0.2) is 78.9 Å². The first-order valence-electron chi connectivity index (χ1n) is 8.44. The van der Waals surface area contributed by atoms with Crippen molar-refractivity contribution < 1.29 is 0 Å². The Morgan fingerprint density at radius 1 is 0.615 bits per heavy atom. The molecular weight excluding hydrogens is 320 g/mol. The van der Waals surface area contributed by atoms with Gasteiger partial charge in [0.25, 0.3) is 0 Å². The molecule has 4 nitrogen and oxygen atoms in total. The van der Waals surface area contributed by atoms with Gasteiger partial charge in [0, 0.05) is 22.4 Å². The first-order chi connectivity index (χ1) is 12.7. The van der Waals surface area contributed by atoms with Crippen LogP contribution in [-0.4, -0.2) is 15.0 Å². The summed E-state index contributed by atoms with van der Waals surface area (Å²) in [5.74, 6) is 1.85. The first-order valence-corrected chi connectivity index (χ1v) is 8.44. The molecule has 0 radical (unpaired) electrons. The van der Waals surface area contributed by atoms with Gasteiger partial charge in [0.2, 0.25) is 0 Å². The molecule has 0 aliphatic heterocycles. The Morgan fingerprint density at radius 2 is 1.12 bits per heavy atom. The fourth-order valence-corrected chi connectivity index (χ4v) is 2.81. The van der Waals surface area contributed by atoms with Crippen molar-refractivity contribution in [3.63, 3.8) is 0 Å². The zero-order valence-electron chi connectivity index (χ0n) is 14.4. The van der Waals surface area contributed by atoms with Crippen LogP contribution >= 0.6 is 0 Å². The fourth-order valence-electron chi connectivity index (χ4n) is 2.81. The number of rotatable bonds is 3. The Morgan fingerprint density at radius 3 is 1.62 bits per heavy atom. The number of benzene rings is 3. The van der Waals surface area contributed by atoms with Gasteiger partial charge in [-0.2, -0.15) is 0 Å². The molecule has 0 unspecified atom stereocenters. The standard InChI is InChI=1S/C22H18N4/c1-15-12-13-18(19(23)14-15)22-25-20(16-8-4-2-5-9-16)24-21(26-22)17-10-6-3-7-11-17/h2-14H,23H2,1H3. The van der Waals surface area contributed by atoms with Crippen molar-refractivity contribution in [1.82, 2.24) is 15.0 Å². The summed E-state index contributed by atoms with van der Waals surface area (Å²) >= 11 is 0. The quantitative estimate of drug-likeness (QED) is 0.547. The maximum absolute atomic E-state index is 6.23. The van der Waals surface area contributed by atoms with Crippen LogP contribution in [0.4, 0.5) is 5.69 Å². The van der Waals surface area contributed by atoms with Gasteiger partial charge in [-0.15, -0.1) is 0 Å². The Hall–Kier alpha value is -3.53. The highest BCUT2D eigenvalue weighted by atomic mass is 15.0. The zero-order chi connectivity index (χ0) is 17.9. The number of aryl methyl sites for hydroxylation is 1. The molecule has 0 fully saturated rings. The van der Waals surface area contributed by atoms with Crippen LogP contribution in [0.25, 0.3) is 34.2 Å². The number of nitrogens with zero attached hydrogens (tertiary/aromatic N) is 3. The van der Waals surface area contributed by atoms with Gasteiger partial charge in [-0.05, 0) is 24.6 Å². The predicted molar refractivity (Wildman–Crippen MR) is 105 cm³/mol. The molecular formula is C22H18N4. The zero-order valence-corrected chi connectivity index (χ0v) is 14.4. The van der Waals surface area contributed by atoms with E-state index in [-0.39, 0.29) is 0 Å². The Labute approximate surface area is 152 Å². The lowest BCUT2D eigenvalue weighted by atomic mass is 10.1. The topological polar surface area (TPSA) is 64.7 Å².